The van der Waals surface area contributed by atoms with E-state index in [9.17, 15) is 0 Å². The highest BCUT2D eigenvalue weighted by molar-refractivity contribution is 7.42. The summed E-state index contributed by atoms with van der Waals surface area (Å²) in [5, 5.41) is 0. The molecule has 0 amide bonds. The van der Waals surface area contributed by atoms with Crippen LogP contribution in [0.1, 0.15) is 44.5 Å². The fraction of sp³-hybridized carbons (Fsp3) is 0.200. The van der Waals surface area contributed by atoms with Crippen molar-refractivity contribution < 1.29 is 27.1 Å². The Balaban J connectivity index is 0.891. The van der Waals surface area contributed by atoms with Crippen LogP contribution in [0.25, 0.3) is 0 Å². The number of hydrogen-bond acceptors (Lipinski definition) is 6. The van der Waals surface area contributed by atoms with Crippen LogP contribution >= 0.6 is 17.2 Å². The molecule has 53 heavy (non-hydrogen) atoms. The van der Waals surface area contributed by atoms with Crippen molar-refractivity contribution in [1.29, 1.82) is 0 Å². The molecule has 268 valence electrons. The van der Waals surface area contributed by atoms with Crippen molar-refractivity contribution in [3.63, 3.8) is 0 Å². The highest BCUT2D eigenvalue weighted by Crippen LogP contribution is 2.53. The summed E-state index contributed by atoms with van der Waals surface area (Å²) in [6, 6.07) is 54.8. The lowest BCUT2D eigenvalue weighted by atomic mass is 9.93. The van der Waals surface area contributed by atoms with Crippen LogP contribution in [0.15, 0.2) is 158 Å². The van der Waals surface area contributed by atoms with Gasteiger partial charge in [-0.1, -0.05) is 146 Å². The van der Waals surface area contributed by atoms with Crippen LogP contribution in [0, 0.1) is 5.41 Å². The van der Waals surface area contributed by atoms with Gasteiger partial charge in [0.1, 0.15) is 11.5 Å². The zero-order valence-corrected chi connectivity index (χ0v) is 31.3. The average Bonchev–Trinajstić information content (AvgIpc) is 3.20. The zero-order valence-electron chi connectivity index (χ0n) is 29.5. The minimum Gasteiger partial charge on any atom is -0.426 e. The first kappa shape index (κ1) is 35.6. The van der Waals surface area contributed by atoms with E-state index >= 15 is 0 Å². The van der Waals surface area contributed by atoms with Crippen molar-refractivity contribution in [3.8, 4) is 11.5 Å². The van der Waals surface area contributed by atoms with Gasteiger partial charge in [-0.2, -0.15) is 0 Å². The Bertz CT molecular complexity index is 1890. The van der Waals surface area contributed by atoms with Gasteiger partial charge in [-0.3, -0.25) is 0 Å². The van der Waals surface area contributed by atoms with Crippen LogP contribution in [-0.2, 0) is 43.8 Å². The molecule has 2 aliphatic heterocycles. The molecule has 6 aromatic carbocycles. The minimum atomic E-state index is -1.59. The molecule has 2 saturated heterocycles. The second-order valence-corrected chi connectivity index (χ2v) is 16.0. The first-order chi connectivity index (χ1) is 26.1. The van der Waals surface area contributed by atoms with E-state index < -0.39 is 22.6 Å². The molecule has 0 unspecified atom stereocenters. The molecule has 0 radical (unpaired) electrons. The zero-order chi connectivity index (χ0) is 35.7. The Labute approximate surface area is 314 Å². The third kappa shape index (κ3) is 9.60. The maximum Gasteiger partial charge on any atom is 0.397 e. The Kier molecular flexibility index (Phi) is 11.6. The van der Waals surface area contributed by atoms with Crippen LogP contribution in [0.3, 0.4) is 0 Å². The molecule has 0 saturated carbocycles. The Morgan fingerprint density at radius 2 is 0.698 bits per heavy atom. The van der Waals surface area contributed by atoms with Gasteiger partial charge < -0.3 is 27.1 Å². The number of rotatable bonds is 12. The summed E-state index contributed by atoms with van der Waals surface area (Å²) in [7, 11) is -3.17. The molecule has 0 atom stereocenters. The van der Waals surface area contributed by atoms with E-state index in [0.29, 0.717) is 26.4 Å². The monoisotopic (exact) mass is 740 g/mol. The molecular formula is C45H42O6P2. The number of benzene rings is 6. The summed E-state index contributed by atoms with van der Waals surface area (Å²) < 4.78 is 37.8. The maximum atomic E-state index is 6.43. The van der Waals surface area contributed by atoms with Gasteiger partial charge in [0.15, 0.2) is 0 Å². The second-order valence-electron chi connectivity index (χ2n) is 13.8. The van der Waals surface area contributed by atoms with Crippen LogP contribution in [0.2, 0.25) is 0 Å². The molecule has 1 spiro atoms. The molecule has 0 aromatic heterocycles. The first-order valence-corrected chi connectivity index (χ1v) is 20.2. The molecule has 6 aromatic rings. The standard InChI is InChI=1S/C45H42O6P2/c1-5-13-35(14-6-1)25-39-21-23-43(41(29-39)27-37-17-9-3-10-18-37)50-52-46-31-45(32-47-52)33-48-53(49-34-45)51-44-24-22-40(26-36-15-7-2-8-16-36)30-42(44)28-38-19-11-4-12-20-38/h1-24,29-30H,25-28,31-34H2. The van der Waals surface area contributed by atoms with Gasteiger partial charge in [-0.15, -0.1) is 0 Å². The van der Waals surface area contributed by atoms with Crippen LogP contribution < -0.4 is 9.05 Å². The second kappa shape index (κ2) is 17.2. The minimum absolute atomic E-state index is 0.412. The van der Waals surface area contributed by atoms with E-state index in [4.69, 9.17) is 27.1 Å². The smallest absolute Gasteiger partial charge is 0.397 e. The molecule has 0 bridgehead atoms. The van der Waals surface area contributed by atoms with Gasteiger partial charge in [-0.25, -0.2) is 0 Å². The highest BCUT2D eigenvalue weighted by Gasteiger charge is 2.45. The van der Waals surface area contributed by atoms with Crippen molar-refractivity contribution >= 4 is 17.2 Å². The summed E-state index contributed by atoms with van der Waals surface area (Å²) in [5.74, 6) is 1.56. The topological polar surface area (TPSA) is 55.4 Å². The summed E-state index contributed by atoms with van der Waals surface area (Å²) in [6.45, 7) is 1.65. The van der Waals surface area contributed by atoms with E-state index in [2.05, 4.69) is 121 Å². The van der Waals surface area contributed by atoms with Crippen molar-refractivity contribution in [2.45, 2.75) is 25.7 Å². The lowest BCUT2D eigenvalue weighted by Crippen LogP contribution is -2.45. The highest BCUT2D eigenvalue weighted by atomic mass is 31.2. The first-order valence-electron chi connectivity index (χ1n) is 18.0. The van der Waals surface area contributed by atoms with Crippen LogP contribution in [0.4, 0.5) is 0 Å². The van der Waals surface area contributed by atoms with E-state index in [1.54, 1.807) is 0 Å². The Hall–Kier alpha value is -4.38. The lowest BCUT2D eigenvalue weighted by Gasteiger charge is -2.41. The van der Waals surface area contributed by atoms with E-state index in [1.165, 1.54) is 33.4 Å². The van der Waals surface area contributed by atoms with Crippen molar-refractivity contribution in [2.75, 3.05) is 26.4 Å². The van der Waals surface area contributed by atoms with Gasteiger partial charge in [-0.05, 0) is 69.5 Å². The third-order valence-electron chi connectivity index (χ3n) is 9.48. The SMILES string of the molecule is c1ccc(Cc2ccc(OP3OCC4(CO3)COP(Oc3ccc(Cc5ccccc5)cc3Cc3ccccc3)OC4)c(Cc3ccccc3)c2)cc1. The quantitative estimate of drug-likeness (QED) is 0.116. The molecule has 2 fully saturated rings. The largest absolute Gasteiger partial charge is 0.426 e. The summed E-state index contributed by atoms with van der Waals surface area (Å²) >= 11 is 0. The van der Waals surface area contributed by atoms with E-state index in [1.807, 2.05) is 36.4 Å². The molecule has 6 nitrogen and oxygen atoms in total. The normalized spacial score (nSPS) is 19.8. The van der Waals surface area contributed by atoms with Crippen molar-refractivity contribution in [2.24, 2.45) is 5.41 Å². The summed E-state index contributed by atoms with van der Waals surface area (Å²) in [5.41, 5.74) is 9.23. The molecule has 8 rings (SSSR count). The molecule has 0 aliphatic carbocycles. The van der Waals surface area contributed by atoms with Gasteiger partial charge in [0.25, 0.3) is 0 Å². The summed E-state index contributed by atoms with van der Waals surface area (Å²) in [4.78, 5) is 0. The predicted molar refractivity (Wildman–Crippen MR) is 211 cm³/mol. The fourth-order valence-corrected chi connectivity index (χ4v) is 9.14. The lowest BCUT2D eigenvalue weighted by molar-refractivity contribution is -0.0673. The molecule has 8 heteroatoms. The molecular weight excluding hydrogens is 698 g/mol. The number of hydrogen-bond donors (Lipinski definition) is 0. The predicted octanol–water partition coefficient (Wildman–Crippen LogP) is 11.0. The van der Waals surface area contributed by atoms with E-state index in [-0.39, 0.29) is 0 Å². The Morgan fingerprint density at radius 3 is 1.04 bits per heavy atom. The maximum absolute atomic E-state index is 6.43. The van der Waals surface area contributed by atoms with E-state index in [0.717, 1.165) is 48.3 Å². The van der Waals surface area contributed by atoms with Crippen LogP contribution in [-0.4, -0.2) is 26.4 Å². The fourth-order valence-electron chi connectivity index (χ4n) is 6.58. The van der Waals surface area contributed by atoms with Crippen molar-refractivity contribution in [3.05, 3.63) is 202 Å². The average molecular weight is 741 g/mol. The Morgan fingerprint density at radius 1 is 0.377 bits per heavy atom. The van der Waals surface area contributed by atoms with Gasteiger partial charge in [0.2, 0.25) is 0 Å². The van der Waals surface area contributed by atoms with Gasteiger partial charge in [0, 0.05) is 12.8 Å². The van der Waals surface area contributed by atoms with Gasteiger partial charge in [0.05, 0.1) is 31.8 Å². The molecule has 0 N–H and O–H groups in total. The third-order valence-corrected chi connectivity index (χ3v) is 11.5. The van der Waals surface area contributed by atoms with Crippen molar-refractivity contribution in [1.82, 2.24) is 0 Å². The van der Waals surface area contributed by atoms with Gasteiger partial charge >= 0.3 is 17.2 Å². The summed E-state index contributed by atoms with van der Waals surface area (Å²) in [6.07, 6.45) is 3.21. The molecule has 2 heterocycles. The van der Waals surface area contributed by atoms with Crippen LogP contribution in [0.5, 0.6) is 11.5 Å². The molecule has 2 aliphatic rings.